The maximum Gasteiger partial charge on any atom is 0.406 e. The Morgan fingerprint density at radius 2 is 1.91 bits per heavy atom. The maximum absolute atomic E-state index is 12.3. The third kappa shape index (κ3) is 5.69. The zero-order valence-electron chi connectivity index (χ0n) is 12.2. The van der Waals surface area contributed by atoms with Crippen molar-refractivity contribution in [3.8, 4) is 0 Å². The van der Waals surface area contributed by atoms with Gasteiger partial charge < -0.3 is 25.6 Å². The first-order valence-electron chi connectivity index (χ1n) is 6.65. The van der Waals surface area contributed by atoms with Crippen LogP contribution in [0.1, 0.15) is 16.8 Å². The highest BCUT2D eigenvalue weighted by atomic mass is 35.5. The Morgan fingerprint density at radius 1 is 1.27 bits per heavy atom. The molecule has 5 N–H and O–H groups in total. The summed E-state index contributed by atoms with van der Waals surface area (Å²) >= 11 is 5.86. The second-order valence-corrected chi connectivity index (χ2v) is 5.31. The summed E-state index contributed by atoms with van der Waals surface area (Å²) in [5.41, 5.74) is 0.526. The Balaban J connectivity index is 2.98. The Kier molecular flexibility index (Phi) is 6.89. The third-order valence-corrected chi connectivity index (χ3v) is 3.01. The predicted molar refractivity (Wildman–Crippen MR) is 86.3 cm³/mol. The van der Waals surface area contributed by atoms with Crippen molar-refractivity contribution < 1.29 is 24.7 Å². The van der Waals surface area contributed by atoms with Gasteiger partial charge in [0.2, 0.25) is 0 Å². The minimum atomic E-state index is -1.24. The van der Waals surface area contributed by atoms with Crippen LogP contribution < -0.4 is 10.5 Å². The van der Waals surface area contributed by atoms with Crippen molar-refractivity contribution in [2.75, 3.05) is 5.23 Å². The highest BCUT2D eigenvalue weighted by Gasteiger charge is 2.25. The quantitative estimate of drug-likeness (QED) is 0.350. The van der Waals surface area contributed by atoms with Crippen molar-refractivity contribution in [2.24, 2.45) is 0 Å². The minimum Gasteiger partial charge on any atom is -0.480 e. The van der Waals surface area contributed by atoms with Crippen LogP contribution in [0.5, 0.6) is 0 Å². The van der Waals surface area contributed by atoms with Gasteiger partial charge in [-0.25, -0.2) is 0 Å². The highest BCUT2D eigenvalue weighted by molar-refractivity contribution is 6.53. The Labute approximate surface area is 133 Å². The molecule has 0 saturated heterocycles. The fourth-order valence-electron chi connectivity index (χ4n) is 1.91. The number of halogens is 1. The van der Waals surface area contributed by atoms with E-state index in [-0.39, 0.29) is 12.0 Å². The number of aliphatic carboxylic acids is 1. The van der Waals surface area contributed by atoms with Gasteiger partial charge in [-0.15, -0.1) is 0 Å². The van der Waals surface area contributed by atoms with Gasteiger partial charge in [-0.05, 0) is 31.8 Å². The van der Waals surface area contributed by atoms with E-state index in [4.69, 9.17) is 16.7 Å². The molecule has 0 bridgehead atoms. The van der Waals surface area contributed by atoms with Gasteiger partial charge in [-0.1, -0.05) is 11.6 Å². The molecule has 118 valence electrons. The second-order valence-electron chi connectivity index (χ2n) is 4.87. The van der Waals surface area contributed by atoms with E-state index in [0.29, 0.717) is 10.7 Å². The number of carbonyl (C=O) groups is 2. The first-order valence-corrected chi connectivity index (χ1v) is 7.02. The number of carbonyl (C=O) groups excluding carboxylic acids is 1. The normalized spacial score (nSPS) is 11.7. The van der Waals surface area contributed by atoms with E-state index in [2.05, 4.69) is 10.5 Å². The summed E-state index contributed by atoms with van der Waals surface area (Å²) in [5.74, 6) is -1.70. The summed E-state index contributed by atoms with van der Waals surface area (Å²) in [6.07, 6.45) is -0.351. The monoisotopic (exact) mass is 326 g/mol. The van der Waals surface area contributed by atoms with Gasteiger partial charge >= 0.3 is 20.1 Å². The van der Waals surface area contributed by atoms with Crippen molar-refractivity contribution in [2.45, 2.75) is 26.1 Å². The molecule has 0 spiro atoms. The summed E-state index contributed by atoms with van der Waals surface area (Å²) < 4.78 is 0. The lowest BCUT2D eigenvalue weighted by molar-refractivity contribution is -0.139. The number of Topliss-reactive ketones (excluding diaryl/α,β-unsaturated/α-hetero) is 1. The van der Waals surface area contributed by atoms with Gasteiger partial charge in [0.25, 0.3) is 0 Å². The Bertz CT molecular complexity index is 556. The smallest absolute Gasteiger partial charge is 0.406 e. The van der Waals surface area contributed by atoms with E-state index in [1.165, 1.54) is 31.8 Å². The van der Waals surface area contributed by atoms with Gasteiger partial charge in [0.15, 0.2) is 5.78 Å². The zero-order chi connectivity index (χ0) is 16.9. The van der Waals surface area contributed by atoms with Gasteiger partial charge in [0.05, 0.1) is 0 Å². The maximum atomic E-state index is 12.3. The van der Waals surface area contributed by atoms with Crippen LogP contribution >= 0.6 is 11.6 Å². The molecule has 0 saturated carbocycles. The molecule has 1 aromatic carbocycles. The first kappa shape index (κ1) is 18.5. The van der Waals surface area contributed by atoms with E-state index in [1.54, 1.807) is 0 Å². The SMILES string of the molecule is CB(O)Nc1cc(Cl)ccc1C(=O)CC(NB(C)O)C(=O)O. The summed E-state index contributed by atoms with van der Waals surface area (Å²) in [6.45, 7) is 2.84. The molecule has 1 unspecified atom stereocenters. The lowest BCUT2D eigenvalue weighted by Gasteiger charge is -2.16. The van der Waals surface area contributed by atoms with Gasteiger partial charge in [-0.2, -0.15) is 0 Å². The molecular formula is C12H17B2ClN2O5. The van der Waals surface area contributed by atoms with Crippen molar-refractivity contribution in [3.05, 3.63) is 28.8 Å². The average Bonchev–Trinajstić information content (AvgIpc) is 2.36. The van der Waals surface area contributed by atoms with Crippen LogP contribution in [0.2, 0.25) is 18.7 Å². The molecule has 0 radical (unpaired) electrons. The average molecular weight is 326 g/mol. The van der Waals surface area contributed by atoms with Crippen LogP contribution in [0.15, 0.2) is 18.2 Å². The summed E-state index contributed by atoms with van der Waals surface area (Å²) in [5, 5.41) is 33.1. The molecule has 1 atom stereocenters. The fourth-order valence-corrected chi connectivity index (χ4v) is 2.08. The van der Waals surface area contributed by atoms with Crippen LogP contribution in [0.25, 0.3) is 0 Å². The number of carboxylic acid groups (broad SMARTS) is 1. The first-order chi connectivity index (χ1) is 10.2. The standard InChI is InChI=1S/C12H17B2ClN2O5/c1-13(21)16-9-5-7(15)3-4-8(9)11(18)6-10(12(19)20)17-14(2)22/h3-5,10,16-17,21-22H,6H2,1-2H3,(H,19,20). The number of anilines is 1. The Morgan fingerprint density at radius 3 is 2.41 bits per heavy atom. The summed E-state index contributed by atoms with van der Waals surface area (Å²) in [7, 11) is -1.97. The molecule has 1 rings (SSSR count). The molecular weight excluding hydrogens is 309 g/mol. The number of ketones is 1. The van der Waals surface area contributed by atoms with Crippen molar-refractivity contribution >= 4 is 43.1 Å². The van der Waals surface area contributed by atoms with Crippen LogP contribution in [0.3, 0.4) is 0 Å². The lowest BCUT2D eigenvalue weighted by atomic mass is 9.85. The topological polar surface area (TPSA) is 119 Å². The Hall–Kier alpha value is -1.54. The van der Waals surface area contributed by atoms with Crippen LogP contribution in [0, 0.1) is 0 Å². The number of hydrogen-bond acceptors (Lipinski definition) is 6. The number of carboxylic acids is 1. The van der Waals surface area contributed by atoms with Gasteiger partial charge in [0, 0.05) is 22.7 Å². The van der Waals surface area contributed by atoms with E-state index < -0.39 is 31.9 Å². The predicted octanol–water partition coefficient (Wildman–Crippen LogP) is 0.588. The minimum absolute atomic E-state index is 0.212. The largest absolute Gasteiger partial charge is 0.480 e. The van der Waals surface area contributed by atoms with Gasteiger partial charge in [-0.3, -0.25) is 9.59 Å². The molecule has 0 amide bonds. The van der Waals surface area contributed by atoms with E-state index in [0.717, 1.165) is 0 Å². The van der Waals surface area contributed by atoms with Gasteiger partial charge in [0.1, 0.15) is 6.04 Å². The molecule has 0 aliphatic heterocycles. The molecule has 0 aliphatic rings. The van der Waals surface area contributed by atoms with Crippen molar-refractivity contribution in [1.82, 2.24) is 5.23 Å². The van der Waals surface area contributed by atoms with Crippen LogP contribution in [-0.2, 0) is 4.79 Å². The number of rotatable bonds is 8. The van der Waals surface area contributed by atoms with Crippen molar-refractivity contribution in [1.29, 1.82) is 0 Å². The van der Waals surface area contributed by atoms with E-state index in [1.807, 2.05) is 0 Å². The molecule has 0 aromatic heterocycles. The molecule has 10 heteroatoms. The van der Waals surface area contributed by atoms with Crippen molar-refractivity contribution in [3.63, 3.8) is 0 Å². The van der Waals surface area contributed by atoms with E-state index >= 15 is 0 Å². The number of hydrogen-bond donors (Lipinski definition) is 5. The molecule has 0 fully saturated rings. The molecule has 0 aliphatic carbocycles. The third-order valence-electron chi connectivity index (χ3n) is 2.78. The number of nitrogens with one attached hydrogen (secondary N) is 2. The van der Waals surface area contributed by atoms with Crippen LogP contribution in [-0.4, -0.2) is 47.0 Å². The highest BCUT2D eigenvalue weighted by Crippen LogP contribution is 2.23. The second kappa shape index (κ2) is 8.19. The van der Waals surface area contributed by atoms with E-state index in [9.17, 15) is 19.6 Å². The summed E-state index contributed by atoms with van der Waals surface area (Å²) in [6, 6.07) is 3.21. The molecule has 7 nitrogen and oxygen atoms in total. The molecule has 0 heterocycles. The molecule has 1 aromatic rings. The number of benzene rings is 1. The van der Waals surface area contributed by atoms with Crippen LogP contribution in [0.4, 0.5) is 5.69 Å². The summed E-state index contributed by atoms with van der Waals surface area (Å²) in [4.78, 5) is 23.4. The lowest BCUT2D eigenvalue weighted by Crippen LogP contribution is -2.46. The zero-order valence-corrected chi connectivity index (χ0v) is 13.0. The molecule has 22 heavy (non-hydrogen) atoms. The fraction of sp³-hybridized carbons (Fsp3) is 0.333.